The van der Waals surface area contributed by atoms with Crippen molar-refractivity contribution in [1.82, 2.24) is 9.97 Å². The van der Waals surface area contributed by atoms with Crippen molar-refractivity contribution in [3.05, 3.63) is 35.0 Å². The van der Waals surface area contributed by atoms with Gasteiger partial charge < -0.3 is 0 Å². The number of hydrogen-bond donors (Lipinski definition) is 0. The van der Waals surface area contributed by atoms with Gasteiger partial charge in [0.1, 0.15) is 5.01 Å². The van der Waals surface area contributed by atoms with Crippen LogP contribution >= 0.6 is 11.3 Å². The summed E-state index contributed by atoms with van der Waals surface area (Å²) in [5.41, 5.74) is 2.04. The summed E-state index contributed by atoms with van der Waals surface area (Å²) in [6, 6.07) is 8.05. The molecule has 0 saturated heterocycles. The zero-order chi connectivity index (χ0) is 11.7. The molecule has 1 saturated carbocycles. The first-order valence-corrected chi connectivity index (χ1v) is 6.48. The zero-order valence-electron chi connectivity index (χ0n) is 9.26. The third-order valence-electron chi connectivity index (χ3n) is 2.82. The molecule has 0 aromatic carbocycles. The van der Waals surface area contributed by atoms with Crippen LogP contribution in [-0.2, 0) is 6.42 Å². The molecule has 0 aliphatic heterocycles. The Kier molecular flexibility index (Phi) is 2.62. The van der Waals surface area contributed by atoms with E-state index in [2.05, 4.69) is 16.0 Å². The molecule has 4 heteroatoms. The van der Waals surface area contributed by atoms with E-state index in [0.717, 1.165) is 21.3 Å². The van der Waals surface area contributed by atoms with Crippen LogP contribution < -0.4 is 0 Å². The predicted octanol–water partition coefficient (Wildman–Crippen LogP) is 3.15. The van der Waals surface area contributed by atoms with Crippen LogP contribution in [0.2, 0.25) is 0 Å². The van der Waals surface area contributed by atoms with Gasteiger partial charge in [-0.3, -0.25) is 4.98 Å². The normalized spacial score (nSPS) is 14.5. The Morgan fingerprint density at radius 1 is 1.41 bits per heavy atom. The quantitative estimate of drug-likeness (QED) is 0.829. The molecule has 2 aromatic heterocycles. The van der Waals surface area contributed by atoms with Gasteiger partial charge in [0.15, 0.2) is 0 Å². The molecule has 0 unspecified atom stereocenters. The van der Waals surface area contributed by atoms with Gasteiger partial charge in [0.2, 0.25) is 0 Å². The molecular formula is C13H11N3S. The lowest BCUT2D eigenvalue weighted by Crippen LogP contribution is -1.87. The molecule has 0 N–H and O–H groups in total. The summed E-state index contributed by atoms with van der Waals surface area (Å²) in [7, 11) is 0. The van der Waals surface area contributed by atoms with Crippen LogP contribution in [0.15, 0.2) is 24.4 Å². The smallest absolute Gasteiger partial charge is 0.142 e. The fraction of sp³-hybridized carbons (Fsp3) is 0.308. The number of pyridine rings is 1. The summed E-state index contributed by atoms with van der Waals surface area (Å²) >= 11 is 1.61. The van der Waals surface area contributed by atoms with Gasteiger partial charge in [0, 0.05) is 17.0 Å². The van der Waals surface area contributed by atoms with Gasteiger partial charge in [-0.1, -0.05) is 6.07 Å². The molecule has 0 amide bonds. The number of aromatic nitrogens is 2. The highest BCUT2D eigenvalue weighted by Crippen LogP contribution is 2.44. The largest absolute Gasteiger partial charge is 0.254 e. The van der Waals surface area contributed by atoms with E-state index in [9.17, 15) is 0 Å². The highest BCUT2D eigenvalue weighted by Gasteiger charge is 2.29. The molecule has 84 valence electrons. The molecule has 3 nitrogen and oxygen atoms in total. The van der Waals surface area contributed by atoms with E-state index >= 15 is 0 Å². The van der Waals surface area contributed by atoms with E-state index in [4.69, 9.17) is 5.26 Å². The number of hydrogen-bond acceptors (Lipinski definition) is 4. The van der Waals surface area contributed by atoms with Crippen molar-refractivity contribution >= 4 is 11.3 Å². The van der Waals surface area contributed by atoms with E-state index in [1.54, 1.807) is 17.5 Å². The summed E-state index contributed by atoms with van der Waals surface area (Å²) in [6.45, 7) is 0. The first kappa shape index (κ1) is 10.4. The molecule has 2 aromatic rings. The van der Waals surface area contributed by atoms with Gasteiger partial charge in [-0.15, -0.1) is 11.3 Å². The van der Waals surface area contributed by atoms with Crippen LogP contribution in [0.4, 0.5) is 0 Å². The molecular weight excluding hydrogens is 230 g/mol. The summed E-state index contributed by atoms with van der Waals surface area (Å²) in [5, 5.41) is 9.78. The van der Waals surface area contributed by atoms with Gasteiger partial charge in [-0.05, 0) is 25.0 Å². The lowest BCUT2D eigenvalue weighted by atomic mass is 10.2. The Labute approximate surface area is 104 Å². The Hall–Kier alpha value is -1.73. The van der Waals surface area contributed by atoms with Crippen LogP contribution in [0.25, 0.3) is 10.7 Å². The van der Waals surface area contributed by atoms with Crippen molar-refractivity contribution in [2.75, 3.05) is 0 Å². The van der Waals surface area contributed by atoms with Crippen LogP contribution in [0.1, 0.15) is 29.3 Å². The second-order valence-corrected chi connectivity index (χ2v) is 5.24. The van der Waals surface area contributed by atoms with E-state index in [1.165, 1.54) is 12.8 Å². The van der Waals surface area contributed by atoms with Gasteiger partial charge in [0.05, 0.1) is 23.9 Å². The Morgan fingerprint density at radius 3 is 2.94 bits per heavy atom. The minimum Gasteiger partial charge on any atom is -0.254 e. The number of thiazole rings is 1. The third-order valence-corrected chi connectivity index (χ3v) is 3.91. The Balaban J connectivity index is 2.01. The summed E-state index contributed by atoms with van der Waals surface area (Å²) in [6.07, 6.45) is 4.67. The maximum Gasteiger partial charge on any atom is 0.142 e. The van der Waals surface area contributed by atoms with Crippen LogP contribution in [0, 0.1) is 11.3 Å². The van der Waals surface area contributed by atoms with Crippen molar-refractivity contribution in [3.63, 3.8) is 0 Å². The van der Waals surface area contributed by atoms with E-state index in [1.807, 2.05) is 18.2 Å². The average Bonchev–Trinajstić information content (AvgIpc) is 3.13. The van der Waals surface area contributed by atoms with E-state index < -0.39 is 0 Å². The Bertz CT molecular complexity index is 564. The minimum absolute atomic E-state index is 0.469. The standard InChI is InChI=1S/C13H11N3S/c14-7-6-11-12(9-4-5-9)16-13(17-11)10-3-1-2-8-15-10/h1-3,8-9H,4-6H2. The molecule has 3 rings (SSSR count). The molecule has 17 heavy (non-hydrogen) atoms. The highest BCUT2D eigenvalue weighted by atomic mass is 32.1. The first-order valence-electron chi connectivity index (χ1n) is 5.66. The van der Waals surface area contributed by atoms with Crippen molar-refractivity contribution < 1.29 is 0 Å². The fourth-order valence-electron chi connectivity index (χ4n) is 1.84. The monoisotopic (exact) mass is 241 g/mol. The first-order chi connectivity index (χ1) is 8.38. The third kappa shape index (κ3) is 2.06. The molecule has 0 bridgehead atoms. The van der Waals surface area contributed by atoms with Crippen LogP contribution in [-0.4, -0.2) is 9.97 Å². The van der Waals surface area contributed by atoms with Crippen molar-refractivity contribution in [3.8, 4) is 16.8 Å². The van der Waals surface area contributed by atoms with Crippen LogP contribution in [0.5, 0.6) is 0 Å². The zero-order valence-corrected chi connectivity index (χ0v) is 10.1. The Morgan fingerprint density at radius 2 is 2.29 bits per heavy atom. The fourth-order valence-corrected chi connectivity index (χ4v) is 2.89. The van der Waals surface area contributed by atoms with Gasteiger partial charge in [0.25, 0.3) is 0 Å². The summed E-state index contributed by atoms with van der Waals surface area (Å²) < 4.78 is 0. The van der Waals surface area contributed by atoms with Crippen LogP contribution in [0.3, 0.4) is 0 Å². The molecule has 0 atom stereocenters. The van der Waals surface area contributed by atoms with Gasteiger partial charge in [-0.25, -0.2) is 4.98 Å². The predicted molar refractivity (Wildman–Crippen MR) is 66.6 cm³/mol. The number of nitriles is 1. The maximum absolute atomic E-state index is 8.84. The SMILES string of the molecule is N#CCc1sc(-c2ccccn2)nc1C1CC1. The van der Waals surface area contributed by atoms with Crippen molar-refractivity contribution in [1.29, 1.82) is 5.26 Å². The average molecular weight is 241 g/mol. The molecule has 0 radical (unpaired) electrons. The molecule has 0 spiro atoms. The molecule has 2 heterocycles. The van der Waals surface area contributed by atoms with Gasteiger partial charge >= 0.3 is 0 Å². The van der Waals surface area contributed by atoms with Gasteiger partial charge in [-0.2, -0.15) is 5.26 Å². The number of nitrogens with zero attached hydrogens (tertiary/aromatic N) is 3. The lowest BCUT2D eigenvalue weighted by Gasteiger charge is -1.93. The van der Waals surface area contributed by atoms with E-state index in [-0.39, 0.29) is 0 Å². The minimum atomic E-state index is 0.469. The second kappa shape index (κ2) is 4.27. The maximum atomic E-state index is 8.84. The molecule has 1 aliphatic rings. The van der Waals surface area contributed by atoms with Crippen molar-refractivity contribution in [2.24, 2.45) is 0 Å². The molecule has 1 aliphatic carbocycles. The topological polar surface area (TPSA) is 49.6 Å². The molecule has 1 fully saturated rings. The van der Waals surface area contributed by atoms with Crippen molar-refractivity contribution in [2.45, 2.75) is 25.2 Å². The lowest BCUT2D eigenvalue weighted by molar-refractivity contribution is 1.02. The van der Waals surface area contributed by atoms with E-state index in [0.29, 0.717) is 12.3 Å². The summed E-state index contributed by atoms with van der Waals surface area (Å²) in [4.78, 5) is 10.1. The summed E-state index contributed by atoms with van der Waals surface area (Å²) in [5.74, 6) is 0.590. The highest BCUT2D eigenvalue weighted by molar-refractivity contribution is 7.15. The number of rotatable bonds is 3. The second-order valence-electron chi connectivity index (χ2n) is 4.15.